The Hall–Kier alpha value is -1.87. The summed E-state index contributed by atoms with van der Waals surface area (Å²) in [7, 11) is 0. The zero-order valence-corrected chi connectivity index (χ0v) is 12.4. The Morgan fingerprint density at radius 2 is 1.75 bits per heavy atom. The number of aromatic nitrogens is 1. The van der Waals surface area contributed by atoms with Crippen molar-refractivity contribution in [2.45, 2.75) is 39.9 Å². The molecule has 2 rings (SSSR count). The fraction of sp³-hybridized carbons (Fsp3) is 0.353. The van der Waals surface area contributed by atoms with E-state index in [0.717, 1.165) is 11.1 Å². The highest BCUT2D eigenvalue weighted by atomic mass is 16.5. The van der Waals surface area contributed by atoms with Crippen LogP contribution in [0.2, 0.25) is 0 Å². The summed E-state index contributed by atoms with van der Waals surface area (Å²) >= 11 is 0. The van der Waals surface area contributed by atoms with E-state index in [0.29, 0.717) is 5.75 Å². The fourth-order valence-electron chi connectivity index (χ4n) is 2.05. The van der Waals surface area contributed by atoms with Gasteiger partial charge in [-0.25, -0.2) is 0 Å². The summed E-state index contributed by atoms with van der Waals surface area (Å²) in [5, 5.41) is 10.5. The molecule has 1 unspecified atom stereocenters. The molecule has 3 heteroatoms. The maximum atomic E-state index is 10.5. The van der Waals surface area contributed by atoms with E-state index >= 15 is 0 Å². The van der Waals surface area contributed by atoms with Gasteiger partial charge in [-0.3, -0.25) is 4.98 Å². The minimum Gasteiger partial charge on any atom is -0.489 e. The molecule has 0 fully saturated rings. The van der Waals surface area contributed by atoms with Crippen molar-refractivity contribution < 1.29 is 9.84 Å². The van der Waals surface area contributed by atoms with E-state index in [4.69, 9.17) is 4.74 Å². The molecular weight excluding hydrogens is 250 g/mol. The van der Waals surface area contributed by atoms with Gasteiger partial charge in [-0.2, -0.15) is 0 Å². The molecule has 0 saturated heterocycles. The van der Waals surface area contributed by atoms with Gasteiger partial charge in [0.2, 0.25) is 0 Å². The van der Waals surface area contributed by atoms with Crippen molar-refractivity contribution in [3.05, 3.63) is 58.9 Å². The van der Waals surface area contributed by atoms with E-state index in [2.05, 4.69) is 11.9 Å². The van der Waals surface area contributed by atoms with E-state index in [1.54, 1.807) is 12.4 Å². The first-order valence-corrected chi connectivity index (χ1v) is 6.84. The summed E-state index contributed by atoms with van der Waals surface area (Å²) < 4.78 is 5.61. The molecule has 0 amide bonds. The second kappa shape index (κ2) is 6.06. The molecule has 1 atom stereocenters. The lowest BCUT2D eigenvalue weighted by molar-refractivity contribution is 0.215. The number of pyridine rings is 1. The number of aliphatic hydroxyl groups is 1. The first-order chi connectivity index (χ1) is 9.47. The number of rotatable bonds is 4. The molecule has 0 aliphatic rings. The molecule has 1 aromatic heterocycles. The first kappa shape index (κ1) is 14.5. The Kier molecular flexibility index (Phi) is 4.40. The summed E-state index contributed by atoms with van der Waals surface area (Å²) in [6.45, 7) is 8.03. The number of benzene rings is 1. The first-order valence-electron chi connectivity index (χ1n) is 6.84. The SMILES string of the molecule is Cc1ccc(C(O)c2cncc(OC(C)C)c2)cc1C. The summed E-state index contributed by atoms with van der Waals surface area (Å²) in [5.41, 5.74) is 4.00. The lowest BCUT2D eigenvalue weighted by atomic mass is 9.99. The Labute approximate surface area is 120 Å². The second-order valence-corrected chi connectivity index (χ2v) is 5.37. The number of aryl methyl sites for hydroxylation is 2. The van der Waals surface area contributed by atoms with E-state index in [1.165, 1.54) is 11.1 Å². The van der Waals surface area contributed by atoms with Crippen LogP contribution in [-0.4, -0.2) is 16.2 Å². The molecule has 0 saturated carbocycles. The van der Waals surface area contributed by atoms with Gasteiger partial charge in [0.05, 0.1) is 12.3 Å². The maximum Gasteiger partial charge on any atom is 0.138 e. The summed E-state index contributed by atoms with van der Waals surface area (Å²) in [4.78, 5) is 4.14. The van der Waals surface area contributed by atoms with E-state index < -0.39 is 6.10 Å². The fourth-order valence-corrected chi connectivity index (χ4v) is 2.05. The van der Waals surface area contributed by atoms with Crippen LogP contribution in [0.3, 0.4) is 0 Å². The lowest BCUT2D eigenvalue weighted by Crippen LogP contribution is -2.07. The van der Waals surface area contributed by atoms with Crippen molar-refractivity contribution in [3.8, 4) is 5.75 Å². The summed E-state index contributed by atoms with van der Waals surface area (Å²) in [6, 6.07) is 7.82. The highest BCUT2D eigenvalue weighted by molar-refractivity contribution is 5.36. The molecule has 0 spiro atoms. The third kappa shape index (κ3) is 3.36. The molecule has 1 heterocycles. The van der Waals surface area contributed by atoms with Crippen molar-refractivity contribution in [1.29, 1.82) is 0 Å². The molecule has 2 aromatic rings. The van der Waals surface area contributed by atoms with Gasteiger partial charge in [-0.05, 0) is 50.5 Å². The zero-order valence-electron chi connectivity index (χ0n) is 12.4. The normalized spacial score (nSPS) is 12.5. The molecule has 0 radical (unpaired) electrons. The molecule has 1 N–H and O–H groups in total. The number of hydrogen-bond donors (Lipinski definition) is 1. The van der Waals surface area contributed by atoms with Gasteiger partial charge in [0, 0.05) is 11.8 Å². The van der Waals surface area contributed by atoms with Crippen LogP contribution in [0, 0.1) is 13.8 Å². The van der Waals surface area contributed by atoms with E-state index in [-0.39, 0.29) is 6.10 Å². The van der Waals surface area contributed by atoms with Crippen LogP contribution in [0.1, 0.15) is 42.2 Å². The Balaban J connectivity index is 2.28. The maximum absolute atomic E-state index is 10.5. The Morgan fingerprint density at radius 3 is 2.40 bits per heavy atom. The van der Waals surface area contributed by atoms with Crippen LogP contribution in [0.15, 0.2) is 36.7 Å². The average molecular weight is 271 g/mol. The summed E-state index contributed by atoms with van der Waals surface area (Å²) in [6.07, 6.45) is 2.74. The van der Waals surface area contributed by atoms with Crippen molar-refractivity contribution in [3.63, 3.8) is 0 Å². The molecule has 0 aliphatic carbocycles. The number of hydrogen-bond acceptors (Lipinski definition) is 3. The molecule has 3 nitrogen and oxygen atoms in total. The van der Waals surface area contributed by atoms with Crippen LogP contribution in [0.25, 0.3) is 0 Å². The van der Waals surface area contributed by atoms with Gasteiger partial charge in [-0.15, -0.1) is 0 Å². The highest BCUT2D eigenvalue weighted by Gasteiger charge is 2.13. The minimum absolute atomic E-state index is 0.0887. The van der Waals surface area contributed by atoms with Gasteiger partial charge in [0.25, 0.3) is 0 Å². The van der Waals surface area contributed by atoms with Crippen molar-refractivity contribution in [2.75, 3.05) is 0 Å². The largest absolute Gasteiger partial charge is 0.489 e. The predicted molar refractivity (Wildman–Crippen MR) is 80.0 cm³/mol. The zero-order chi connectivity index (χ0) is 14.7. The molecule has 20 heavy (non-hydrogen) atoms. The van der Waals surface area contributed by atoms with Gasteiger partial charge in [0.15, 0.2) is 0 Å². The van der Waals surface area contributed by atoms with Crippen molar-refractivity contribution in [1.82, 2.24) is 4.98 Å². The van der Waals surface area contributed by atoms with Crippen LogP contribution in [0.5, 0.6) is 5.75 Å². The second-order valence-electron chi connectivity index (χ2n) is 5.37. The molecule has 0 aliphatic heterocycles. The van der Waals surface area contributed by atoms with Gasteiger partial charge >= 0.3 is 0 Å². The van der Waals surface area contributed by atoms with Crippen molar-refractivity contribution >= 4 is 0 Å². The Morgan fingerprint density at radius 1 is 1.00 bits per heavy atom. The van der Waals surface area contributed by atoms with Crippen LogP contribution in [0.4, 0.5) is 0 Å². The highest BCUT2D eigenvalue weighted by Crippen LogP contribution is 2.25. The predicted octanol–water partition coefficient (Wildman–Crippen LogP) is 3.57. The number of nitrogens with zero attached hydrogens (tertiary/aromatic N) is 1. The van der Waals surface area contributed by atoms with Gasteiger partial charge < -0.3 is 9.84 Å². The van der Waals surface area contributed by atoms with Crippen LogP contribution >= 0.6 is 0 Å². The topological polar surface area (TPSA) is 42.4 Å². The monoisotopic (exact) mass is 271 g/mol. The average Bonchev–Trinajstić information content (AvgIpc) is 2.40. The number of aliphatic hydroxyl groups excluding tert-OH is 1. The smallest absolute Gasteiger partial charge is 0.138 e. The summed E-state index contributed by atoms with van der Waals surface area (Å²) in [5.74, 6) is 0.681. The van der Waals surface area contributed by atoms with Crippen LogP contribution < -0.4 is 4.74 Å². The van der Waals surface area contributed by atoms with Gasteiger partial charge in [0.1, 0.15) is 11.9 Å². The lowest BCUT2D eigenvalue weighted by Gasteiger charge is -2.15. The number of ether oxygens (including phenoxy) is 1. The molecule has 0 bridgehead atoms. The third-order valence-corrected chi connectivity index (χ3v) is 3.27. The van der Waals surface area contributed by atoms with E-state index in [1.807, 2.05) is 45.0 Å². The Bertz CT molecular complexity index is 593. The van der Waals surface area contributed by atoms with E-state index in [9.17, 15) is 5.11 Å². The van der Waals surface area contributed by atoms with Crippen molar-refractivity contribution in [2.24, 2.45) is 0 Å². The molecule has 1 aromatic carbocycles. The standard InChI is InChI=1S/C17H21NO2/c1-11(2)20-16-8-15(9-18-10-16)17(19)14-6-5-12(3)13(4)7-14/h5-11,17,19H,1-4H3. The molecular formula is C17H21NO2. The minimum atomic E-state index is -0.683. The van der Waals surface area contributed by atoms with Gasteiger partial charge in [-0.1, -0.05) is 18.2 Å². The third-order valence-electron chi connectivity index (χ3n) is 3.27. The quantitative estimate of drug-likeness (QED) is 0.924. The van der Waals surface area contributed by atoms with Crippen LogP contribution in [-0.2, 0) is 0 Å². The molecule has 106 valence electrons.